The smallest absolute Gasteiger partial charge is 0.00624 e. The van der Waals surface area contributed by atoms with E-state index >= 15 is 0 Å². The summed E-state index contributed by atoms with van der Waals surface area (Å²) in [6.07, 6.45) is 1.03. The van der Waals surface area contributed by atoms with Crippen molar-refractivity contribution < 1.29 is 0 Å². The zero-order valence-electron chi connectivity index (χ0n) is 8.98. The van der Waals surface area contributed by atoms with Gasteiger partial charge in [0.1, 0.15) is 0 Å². The van der Waals surface area contributed by atoms with Crippen LogP contribution in [-0.2, 0) is 6.42 Å². The Hall–Kier alpha value is -1.56. The Morgan fingerprint density at radius 1 is 0.800 bits per heavy atom. The fraction of sp³-hybridized carbons (Fsp3) is 0.133. The molecule has 2 aromatic carbocycles. The molecule has 0 heterocycles. The standard InChI is InChI=1S/C15H15/c1-13(15-10-6-3-7-11-15)12-14-8-4-2-5-9-14/h2-11H,12H2,1H3. The second kappa shape index (κ2) is 4.79. The van der Waals surface area contributed by atoms with Gasteiger partial charge in [0, 0.05) is 5.92 Å². The lowest BCUT2D eigenvalue weighted by atomic mass is 9.94. The van der Waals surface area contributed by atoms with Crippen LogP contribution in [0.3, 0.4) is 0 Å². The van der Waals surface area contributed by atoms with E-state index in [2.05, 4.69) is 67.6 Å². The molecule has 0 saturated heterocycles. The van der Waals surface area contributed by atoms with Gasteiger partial charge in [-0.1, -0.05) is 67.6 Å². The van der Waals surface area contributed by atoms with Gasteiger partial charge in [-0.25, -0.2) is 0 Å². The average molecular weight is 195 g/mol. The summed E-state index contributed by atoms with van der Waals surface area (Å²) in [7, 11) is 0. The molecule has 0 aromatic heterocycles. The zero-order chi connectivity index (χ0) is 10.5. The van der Waals surface area contributed by atoms with E-state index in [0.29, 0.717) is 0 Å². The zero-order valence-corrected chi connectivity index (χ0v) is 8.98. The van der Waals surface area contributed by atoms with E-state index in [1.807, 2.05) is 0 Å². The normalized spacial score (nSPS) is 10.5. The van der Waals surface area contributed by atoms with Crippen molar-refractivity contribution in [2.45, 2.75) is 13.3 Å². The van der Waals surface area contributed by atoms with Crippen LogP contribution in [0, 0.1) is 5.92 Å². The van der Waals surface area contributed by atoms with Gasteiger partial charge in [0.25, 0.3) is 0 Å². The molecule has 0 saturated carbocycles. The molecule has 0 N–H and O–H groups in total. The molecule has 0 nitrogen and oxygen atoms in total. The molecule has 0 aliphatic rings. The van der Waals surface area contributed by atoms with E-state index in [1.54, 1.807) is 0 Å². The second-order valence-corrected chi connectivity index (χ2v) is 3.81. The number of benzene rings is 2. The highest BCUT2D eigenvalue weighted by Gasteiger charge is 2.05. The Morgan fingerprint density at radius 2 is 1.33 bits per heavy atom. The lowest BCUT2D eigenvalue weighted by molar-refractivity contribution is 0.993. The van der Waals surface area contributed by atoms with E-state index < -0.39 is 0 Å². The Labute approximate surface area is 91.6 Å². The molecule has 1 radical (unpaired) electrons. The summed E-state index contributed by atoms with van der Waals surface area (Å²) >= 11 is 0. The minimum absolute atomic E-state index is 1.03. The quantitative estimate of drug-likeness (QED) is 0.697. The third kappa shape index (κ3) is 2.69. The van der Waals surface area contributed by atoms with Gasteiger partial charge in [-0.05, 0) is 17.5 Å². The van der Waals surface area contributed by atoms with E-state index in [1.165, 1.54) is 17.0 Å². The molecule has 0 unspecified atom stereocenters. The molecule has 0 heteroatoms. The monoisotopic (exact) mass is 195 g/mol. The topological polar surface area (TPSA) is 0 Å². The highest BCUT2D eigenvalue weighted by molar-refractivity contribution is 5.32. The Kier molecular flexibility index (Phi) is 3.18. The fourth-order valence-corrected chi connectivity index (χ4v) is 1.73. The van der Waals surface area contributed by atoms with E-state index in [-0.39, 0.29) is 0 Å². The van der Waals surface area contributed by atoms with Crippen molar-refractivity contribution in [3.63, 3.8) is 0 Å². The number of hydrogen-bond acceptors (Lipinski definition) is 0. The van der Waals surface area contributed by atoms with Gasteiger partial charge in [-0.2, -0.15) is 0 Å². The van der Waals surface area contributed by atoms with Gasteiger partial charge in [-0.15, -0.1) is 0 Å². The van der Waals surface area contributed by atoms with Crippen LogP contribution >= 0.6 is 0 Å². The van der Waals surface area contributed by atoms with Crippen LogP contribution in [0.15, 0.2) is 60.7 Å². The first-order chi connectivity index (χ1) is 7.36. The molecule has 0 atom stereocenters. The SMILES string of the molecule is C[C](Cc1ccccc1)c1ccccc1. The van der Waals surface area contributed by atoms with Gasteiger partial charge < -0.3 is 0 Å². The molecule has 2 rings (SSSR count). The molecule has 0 aliphatic carbocycles. The molecular formula is C15H15. The number of rotatable bonds is 3. The van der Waals surface area contributed by atoms with Gasteiger partial charge in [-0.3, -0.25) is 0 Å². The first-order valence-corrected chi connectivity index (χ1v) is 5.28. The van der Waals surface area contributed by atoms with E-state index in [0.717, 1.165) is 6.42 Å². The lowest BCUT2D eigenvalue weighted by Gasteiger charge is -2.10. The molecule has 15 heavy (non-hydrogen) atoms. The predicted molar refractivity (Wildman–Crippen MR) is 64.6 cm³/mol. The van der Waals surface area contributed by atoms with Crippen LogP contribution in [0.25, 0.3) is 0 Å². The Bertz CT molecular complexity index is 389. The third-order valence-corrected chi connectivity index (χ3v) is 2.58. The van der Waals surface area contributed by atoms with E-state index in [4.69, 9.17) is 0 Å². The van der Waals surface area contributed by atoms with Crippen molar-refractivity contribution in [1.82, 2.24) is 0 Å². The molecule has 0 aliphatic heterocycles. The van der Waals surface area contributed by atoms with Gasteiger partial charge in [0.2, 0.25) is 0 Å². The maximum atomic E-state index is 2.20. The molecule has 0 fully saturated rings. The molecule has 2 aromatic rings. The highest BCUT2D eigenvalue weighted by Crippen LogP contribution is 2.18. The average Bonchev–Trinajstić information content (AvgIpc) is 2.31. The van der Waals surface area contributed by atoms with Crippen LogP contribution in [0.4, 0.5) is 0 Å². The van der Waals surface area contributed by atoms with Crippen LogP contribution in [0.2, 0.25) is 0 Å². The first kappa shape index (κ1) is 9.97. The maximum Gasteiger partial charge on any atom is 0.00624 e. The summed E-state index contributed by atoms with van der Waals surface area (Å²) in [5, 5.41) is 0. The number of hydrogen-bond donors (Lipinski definition) is 0. The first-order valence-electron chi connectivity index (χ1n) is 5.28. The summed E-state index contributed by atoms with van der Waals surface area (Å²) in [5.41, 5.74) is 2.71. The van der Waals surface area contributed by atoms with Gasteiger partial charge in [0.15, 0.2) is 0 Å². The summed E-state index contributed by atoms with van der Waals surface area (Å²) in [6, 6.07) is 21.1. The summed E-state index contributed by atoms with van der Waals surface area (Å²) < 4.78 is 0. The Morgan fingerprint density at radius 3 is 1.93 bits per heavy atom. The minimum atomic E-state index is 1.03. The van der Waals surface area contributed by atoms with Crippen molar-refractivity contribution >= 4 is 0 Å². The van der Waals surface area contributed by atoms with Crippen molar-refractivity contribution in [2.24, 2.45) is 0 Å². The van der Waals surface area contributed by atoms with E-state index in [9.17, 15) is 0 Å². The van der Waals surface area contributed by atoms with Gasteiger partial charge >= 0.3 is 0 Å². The summed E-state index contributed by atoms with van der Waals surface area (Å²) in [5.74, 6) is 1.42. The predicted octanol–water partition coefficient (Wildman–Crippen LogP) is 3.87. The van der Waals surface area contributed by atoms with Crippen molar-refractivity contribution in [3.8, 4) is 0 Å². The summed E-state index contributed by atoms with van der Waals surface area (Å²) in [4.78, 5) is 0. The van der Waals surface area contributed by atoms with Crippen LogP contribution < -0.4 is 0 Å². The van der Waals surface area contributed by atoms with Crippen molar-refractivity contribution in [1.29, 1.82) is 0 Å². The van der Waals surface area contributed by atoms with Crippen LogP contribution in [-0.4, -0.2) is 0 Å². The minimum Gasteiger partial charge on any atom is -0.0622 e. The van der Waals surface area contributed by atoms with Crippen LogP contribution in [0.5, 0.6) is 0 Å². The molecule has 0 bridgehead atoms. The van der Waals surface area contributed by atoms with Crippen LogP contribution in [0.1, 0.15) is 18.1 Å². The molecule has 0 spiro atoms. The van der Waals surface area contributed by atoms with Crippen molar-refractivity contribution in [3.05, 3.63) is 77.7 Å². The fourth-order valence-electron chi connectivity index (χ4n) is 1.73. The van der Waals surface area contributed by atoms with Gasteiger partial charge in [0.05, 0.1) is 0 Å². The largest absolute Gasteiger partial charge is 0.0622 e. The maximum absolute atomic E-state index is 2.20. The highest BCUT2D eigenvalue weighted by atomic mass is 14.1. The lowest BCUT2D eigenvalue weighted by Crippen LogP contribution is -1.98. The third-order valence-electron chi connectivity index (χ3n) is 2.58. The molecular weight excluding hydrogens is 180 g/mol. The Balaban J connectivity index is 2.08. The molecule has 75 valence electrons. The van der Waals surface area contributed by atoms with Crippen molar-refractivity contribution in [2.75, 3.05) is 0 Å². The molecule has 0 amide bonds. The second-order valence-electron chi connectivity index (χ2n) is 3.81. The summed E-state index contributed by atoms with van der Waals surface area (Å²) in [6.45, 7) is 2.20.